The lowest BCUT2D eigenvalue weighted by Crippen LogP contribution is -2.54. The van der Waals surface area contributed by atoms with Gasteiger partial charge in [0.05, 0.1) is 10.7 Å². The smallest absolute Gasteiger partial charge is 0.263 e. The molecule has 5 nitrogen and oxygen atoms in total. The predicted octanol–water partition coefficient (Wildman–Crippen LogP) is 1.22. The van der Waals surface area contributed by atoms with Crippen LogP contribution in [0.5, 0.6) is 0 Å². The van der Waals surface area contributed by atoms with Crippen LogP contribution in [0.1, 0.15) is 23.5 Å². The van der Waals surface area contributed by atoms with Crippen LogP contribution in [0.2, 0.25) is 0 Å². The molecule has 1 aromatic heterocycles. The number of anilines is 2. The van der Waals surface area contributed by atoms with Crippen molar-refractivity contribution >= 4 is 27.9 Å². The Morgan fingerprint density at radius 2 is 2.00 bits per heavy atom. The van der Waals surface area contributed by atoms with Gasteiger partial charge in [0.25, 0.3) is 5.91 Å². The lowest BCUT2D eigenvalue weighted by atomic mass is 10.1. The van der Waals surface area contributed by atoms with Crippen molar-refractivity contribution in [3.05, 3.63) is 10.9 Å². The van der Waals surface area contributed by atoms with Crippen molar-refractivity contribution in [1.82, 2.24) is 10.2 Å². The summed E-state index contributed by atoms with van der Waals surface area (Å²) in [6, 6.07) is 2.91. The summed E-state index contributed by atoms with van der Waals surface area (Å²) in [5.74, 6) is -0.107. The van der Waals surface area contributed by atoms with Gasteiger partial charge in [0.2, 0.25) is 0 Å². The first-order chi connectivity index (χ1) is 8.93. The quantitative estimate of drug-likeness (QED) is 0.856. The zero-order valence-corrected chi connectivity index (χ0v) is 12.8. The van der Waals surface area contributed by atoms with Crippen molar-refractivity contribution in [3.63, 3.8) is 0 Å². The topological polar surface area (TPSA) is 61.6 Å². The summed E-state index contributed by atoms with van der Waals surface area (Å²) in [5.41, 5.74) is 6.50. The van der Waals surface area contributed by atoms with Crippen molar-refractivity contribution in [2.75, 3.05) is 37.8 Å². The minimum Gasteiger partial charge on any atom is -0.397 e. The van der Waals surface area contributed by atoms with E-state index in [0.29, 0.717) is 22.6 Å². The van der Waals surface area contributed by atoms with E-state index in [2.05, 4.69) is 36.0 Å². The molecular weight excluding hydrogens is 260 g/mol. The first-order valence-corrected chi connectivity index (χ1v) is 7.34. The number of thiophene rings is 1. The van der Waals surface area contributed by atoms with Crippen LogP contribution in [0.25, 0.3) is 0 Å². The highest BCUT2D eigenvalue weighted by molar-refractivity contribution is 7.18. The zero-order chi connectivity index (χ0) is 14.2. The molecule has 3 N–H and O–H groups in total. The Morgan fingerprint density at radius 3 is 2.53 bits per heavy atom. The Morgan fingerprint density at radius 1 is 1.42 bits per heavy atom. The maximum absolute atomic E-state index is 11.7. The Hall–Kier alpha value is -1.27. The van der Waals surface area contributed by atoms with Crippen LogP contribution >= 0.6 is 11.3 Å². The molecule has 1 fully saturated rings. The van der Waals surface area contributed by atoms with Gasteiger partial charge < -0.3 is 16.0 Å². The van der Waals surface area contributed by atoms with Gasteiger partial charge in [-0.15, -0.1) is 11.3 Å². The lowest BCUT2D eigenvalue weighted by molar-refractivity contribution is 0.0968. The van der Waals surface area contributed by atoms with E-state index in [1.807, 2.05) is 6.07 Å². The number of nitrogens with two attached hydrogens (primary N) is 1. The average Bonchev–Trinajstić information content (AvgIpc) is 2.76. The number of carbonyl (C=O) groups excluding carboxylic acids is 1. The van der Waals surface area contributed by atoms with Crippen LogP contribution < -0.4 is 16.0 Å². The van der Waals surface area contributed by atoms with Gasteiger partial charge in [-0.3, -0.25) is 9.69 Å². The predicted molar refractivity (Wildman–Crippen MR) is 81.0 cm³/mol. The molecule has 1 aliphatic heterocycles. The van der Waals surface area contributed by atoms with Crippen molar-refractivity contribution in [2.45, 2.75) is 25.9 Å². The van der Waals surface area contributed by atoms with Crippen molar-refractivity contribution in [1.29, 1.82) is 0 Å². The van der Waals surface area contributed by atoms with Crippen LogP contribution in [-0.2, 0) is 0 Å². The summed E-state index contributed by atoms with van der Waals surface area (Å²) in [7, 11) is 3.78. The summed E-state index contributed by atoms with van der Waals surface area (Å²) in [4.78, 5) is 17.0. The van der Waals surface area contributed by atoms with Gasteiger partial charge in [-0.25, -0.2) is 0 Å². The van der Waals surface area contributed by atoms with Crippen LogP contribution in [0.15, 0.2) is 6.07 Å². The van der Waals surface area contributed by atoms with E-state index in [1.54, 1.807) is 7.05 Å². The fourth-order valence-corrected chi connectivity index (χ4v) is 3.47. The highest BCUT2D eigenvalue weighted by Gasteiger charge is 2.28. The van der Waals surface area contributed by atoms with Gasteiger partial charge in [-0.05, 0) is 27.0 Å². The van der Waals surface area contributed by atoms with E-state index >= 15 is 0 Å². The van der Waals surface area contributed by atoms with Gasteiger partial charge >= 0.3 is 0 Å². The molecule has 0 aliphatic carbocycles. The molecule has 0 radical (unpaired) electrons. The Labute approximate surface area is 118 Å². The maximum atomic E-state index is 11.7. The van der Waals surface area contributed by atoms with Crippen LogP contribution in [-0.4, -0.2) is 50.1 Å². The zero-order valence-electron chi connectivity index (χ0n) is 11.9. The third kappa shape index (κ3) is 2.69. The SMILES string of the molecule is CNC(=O)c1sc(N2CC(C)N(C)C(C)C2)cc1N. The Kier molecular flexibility index (Phi) is 4.01. The maximum Gasteiger partial charge on any atom is 0.263 e. The molecule has 106 valence electrons. The van der Waals surface area contributed by atoms with E-state index in [0.717, 1.165) is 18.1 Å². The summed E-state index contributed by atoms with van der Waals surface area (Å²) in [5, 5.41) is 3.71. The molecule has 0 spiro atoms. The second-order valence-electron chi connectivity index (χ2n) is 5.22. The molecule has 2 unspecified atom stereocenters. The first kappa shape index (κ1) is 14.1. The number of piperazine rings is 1. The number of nitrogens with one attached hydrogen (secondary N) is 1. The molecule has 1 aliphatic rings. The first-order valence-electron chi connectivity index (χ1n) is 6.52. The fourth-order valence-electron chi connectivity index (χ4n) is 2.42. The molecule has 2 atom stereocenters. The number of nitrogen functional groups attached to an aromatic ring is 1. The molecule has 0 aromatic carbocycles. The van der Waals surface area contributed by atoms with E-state index in [-0.39, 0.29) is 5.91 Å². The average molecular weight is 282 g/mol. The Balaban J connectivity index is 2.21. The standard InChI is InChI=1S/C13H22N4OS/c1-8-6-17(7-9(2)16(8)4)11-5-10(14)12(19-11)13(18)15-3/h5,8-9H,6-7,14H2,1-4H3,(H,15,18). The Bertz CT molecular complexity index is 461. The normalized spacial score (nSPS) is 24.5. The summed E-state index contributed by atoms with van der Waals surface area (Å²) in [6.07, 6.45) is 0. The van der Waals surface area contributed by atoms with Crippen LogP contribution in [0.3, 0.4) is 0 Å². The van der Waals surface area contributed by atoms with E-state index < -0.39 is 0 Å². The summed E-state index contributed by atoms with van der Waals surface area (Å²) >= 11 is 1.47. The number of rotatable bonds is 2. The molecule has 0 saturated carbocycles. The molecular formula is C13H22N4OS. The molecule has 2 rings (SSSR count). The molecule has 2 heterocycles. The van der Waals surface area contributed by atoms with Gasteiger partial charge in [-0.1, -0.05) is 0 Å². The van der Waals surface area contributed by atoms with Crippen molar-refractivity contribution in [2.24, 2.45) is 0 Å². The second-order valence-corrected chi connectivity index (χ2v) is 6.25. The van der Waals surface area contributed by atoms with Gasteiger partial charge in [0, 0.05) is 32.2 Å². The van der Waals surface area contributed by atoms with Gasteiger partial charge in [0.1, 0.15) is 4.88 Å². The number of carbonyl (C=O) groups is 1. The second kappa shape index (κ2) is 5.38. The third-order valence-electron chi connectivity index (χ3n) is 3.85. The monoisotopic (exact) mass is 282 g/mol. The van der Waals surface area contributed by atoms with Crippen molar-refractivity contribution < 1.29 is 4.79 Å². The van der Waals surface area contributed by atoms with Crippen LogP contribution in [0, 0.1) is 0 Å². The number of hydrogen-bond acceptors (Lipinski definition) is 5. The highest BCUT2D eigenvalue weighted by atomic mass is 32.1. The van der Waals surface area contributed by atoms with Gasteiger partial charge in [-0.2, -0.15) is 0 Å². The largest absolute Gasteiger partial charge is 0.397 e. The molecule has 19 heavy (non-hydrogen) atoms. The van der Waals surface area contributed by atoms with Gasteiger partial charge in [0.15, 0.2) is 0 Å². The highest BCUT2D eigenvalue weighted by Crippen LogP contribution is 2.33. The van der Waals surface area contributed by atoms with E-state index in [9.17, 15) is 4.79 Å². The number of amides is 1. The van der Waals surface area contributed by atoms with E-state index in [1.165, 1.54) is 11.3 Å². The summed E-state index contributed by atoms with van der Waals surface area (Å²) < 4.78 is 0. The minimum absolute atomic E-state index is 0.107. The van der Waals surface area contributed by atoms with Crippen LogP contribution in [0.4, 0.5) is 10.7 Å². The molecule has 1 saturated heterocycles. The molecule has 6 heteroatoms. The summed E-state index contributed by atoms with van der Waals surface area (Å²) in [6.45, 7) is 6.38. The number of likely N-dealkylation sites (N-methyl/N-ethyl adjacent to an activating group) is 1. The number of hydrogen-bond donors (Lipinski definition) is 2. The molecule has 1 aromatic rings. The molecule has 1 amide bonds. The molecule has 0 bridgehead atoms. The minimum atomic E-state index is -0.107. The third-order valence-corrected chi connectivity index (χ3v) is 5.06. The van der Waals surface area contributed by atoms with E-state index in [4.69, 9.17) is 5.73 Å². The number of nitrogens with zero attached hydrogens (tertiary/aromatic N) is 2. The lowest BCUT2D eigenvalue weighted by Gasteiger charge is -2.42. The van der Waals surface area contributed by atoms with Crippen molar-refractivity contribution in [3.8, 4) is 0 Å². The fraction of sp³-hybridized carbons (Fsp3) is 0.615.